The number of allylic oxidation sites excluding steroid dienone is 1. The van der Waals surface area contributed by atoms with E-state index in [1.54, 1.807) is 11.3 Å². The lowest BCUT2D eigenvalue weighted by atomic mass is 10.0. The Hall–Kier alpha value is -3.31. The van der Waals surface area contributed by atoms with Crippen LogP contribution < -0.4 is 9.80 Å². The predicted octanol–water partition coefficient (Wildman–Crippen LogP) is 2.58. The molecule has 3 atom stereocenters. The van der Waals surface area contributed by atoms with Crippen molar-refractivity contribution in [1.82, 2.24) is 34.6 Å². The summed E-state index contributed by atoms with van der Waals surface area (Å²) in [5.74, 6) is 3.17. The number of morpholine rings is 1. The first-order chi connectivity index (χ1) is 15.7. The summed E-state index contributed by atoms with van der Waals surface area (Å²) >= 11 is 1.62. The quantitative estimate of drug-likeness (QED) is 0.560. The molecule has 32 heavy (non-hydrogen) atoms. The van der Waals surface area contributed by atoms with Gasteiger partial charge in [-0.1, -0.05) is 12.2 Å². The average molecular weight is 450 g/mol. The van der Waals surface area contributed by atoms with Crippen LogP contribution >= 0.6 is 11.3 Å². The number of ether oxygens (including phenoxy) is 1. The van der Waals surface area contributed by atoms with E-state index in [0.717, 1.165) is 34.7 Å². The van der Waals surface area contributed by atoms with Crippen molar-refractivity contribution < 1.29 is 4.74 Å². The number of nitrogens with zero attached hydrogens (tertiary/aromatic N) is 9. The molecule has 10 nitrogen and oxygen atoms in total. The molecule has 3 aliphatic rings. The summed E-state index contributed by atoms with van der Waals surface area (Å²) in [6.07, 6.45) is 11.6. The molecule has 0 saturated carbocycles. The van der Waals surface area contributed by atoms with Crippen molar-refractivity contribution in [2.24, 2.45) is 0 Å². The molecular formula is C21H23N9OS. The van der Waals surface area contributed by atoms with Gasteiger partial charge in [0.25, 0.3) is 0 Å². The summed E-state index contributed by atoms with van der Waals surface area (Å²) in [5.41, 5.74) is 0.894. The molecule has 0 N–H and O–H groups in total. The van der Waals surface area contributed by atoms with Crippen LogP contribution in [0.25, 0.3) is 5.69 Å². The number of aryl methyl sites for hydroxylation is 1. The highest BCUT2D eigenvalue weighted by atomic mass is 32.1. The monoisotopic (exact) mass is 449 g/mol. The number of fused-ring (bicyclic) bond motifs is 6. The lowest BCUT2D eigenvalue weighted by molar-refractivity contribution is 0.0374. The smallest absolute Gasteiger partial charge is 0.233 e. The molecule has 1 saturated heterocycles. The van der Waals surface area contributed by atoms with Gasteiger partial charge in [0.1, 0.15) is 28.7 Å². The van der Waals surface area contributed by atoms with Crippen molar-refractivity contribution in [2.75, 3.05) is 30.0 Å². The molecule has 0 bridgehead atoms. The van der Waals surface area contributed by atoms with Gasteiger partial charge in [-0.25, -0.2) is 9.97 Å². The molecule has 11 heteroatoms. The number of anilines is 2. The maximum Gasteiger partial charge on any atom is 0.233 e. The van der Waals surface area contributed by atoms with E-state index in [0.29, 0.717) is 12.6 Å². The van der Waals surface area contributed by atoms with Gasteiger partial charge in [-0.2, -0.15) is 4.98 Å². The third-order valence-corrected chi connectivity index (χ3v) is 6.87. The van der Waals surface area contributed by atoms with Crippen LogP contribution in [0, 0.1) is 6.92 Å². The van der Waals surface area contributed by atoms with E-state index in [9.17, 15) is 0 Å². The summed E-state index contributed by atoms with van der Waals surface area (Å²) in [7, 11) is 2.04. The van der Waals surface area contributed by atoms with Gasteiger partial charge >= 0.3 is 0 Å². The molecule has 0 spiro atoms. The third-order valence-electron chi connectivity index (χ3n) is 6.05. The second kappa shape index (κ2) is 7.38. The van der Waals surface area contributed by atoms with E-state index in [2.05, 4.69) is 40.5 Å². The Kier molecular flexibility index (Phi) is 4.47. The van der Waals surface area contributed by atoms with E-state index in [-0.39, 0.29) is 18.3 Å². The first-order valence-corrected chi connectivity index (χ1v) is 11.4. The fourth-order valence-electron chi connectivity index (χ4n) is 4.66. The Morgan fingerprint density at radius 3 is 2.94 bits per heavy atom. The number of thiazole rings is 1. The summed E-state index contributed by atoms with van der Waals surface area (Å²) in [6.45, 7) is 5.30. The Bertz CT molecular complexity index is 1200. The standard InChI is InChI=1S/C21H23N9OS/c1-4-5-15-16-18-26-25-13(2)30(18)14-12-23-21(24-17(14)28(16)9-10-31-15)29-8-7-27(3)20(29)19-22-6-11-32-19/h4-8,11-12,15-16,20H,9-10H2,1-3H3. The molecule has 0 aromatic carbocycles. The maximum atomic E-state index is 6.09. The SMILES string of the molecule is CC=CC1OCCN2c3nc(N4C=CN(C)C4c4nccs4)ncc3-n3c(C)nnc3C12. The molecule has 0 amide bonds. The van der Waals surface area contributed by atoms with Gasteiger partial charge < -0.3 is 14.5 Å². The van der Waals surface area contributed by atoms with Crippen LogP contribution in [0.5, 0.6) is 0 Å². The zero-order valence-corrected chi connectivity index (χ0v) is 18.8. The zero-order valence-electron chi connectivity index (χ0n) is 18.0. The minimum Gasteiger partial charge on any atom is -0.370 e. The van der Waals surface area contributed by atoms with Gasteiger partial charge in [0.05, 0.1) is 12.8 Å². The van der Waals surface area contributed by atoms with Crippen molar-refractivity contribution in [3.05, 3.63) is 59.0 Å². The summed E-state index contributed by atoms with van der Waals surface area (Å²) in [4.78, 5) is 20.8. The third kappa shape index (κ3) is 2.77. The van der Waals surface area contributed by atoms with Gasteiger partial charge in [0.15, 0.2) is 17.8 Å². The lowest BCUT2D eigenvalue weighted by Gasteiger charge is -2.43. The topological polar surface area (TPSA) is 88.3 Å². The molecule has 164 valence electrons. The Morgan fingerprint density at radius 2 is 2.12 bits per heavy atom. The van der Waals surface area contributed by atoms with Gasteiger partial charge in [-0.3, -0.25) is 9.47 Å². The van der Waals surface area contributed by atoms with Gasteiger partial charge in [0, 0.05) is 37.6 Å². The highest BCUT2D eigenvalue weighted by Gasteiger charge is 2.43. The van der Waals surface area contributed by atoms with Crippen LogP contribution in [0.3, 0.4) is 0 Å². The summed E-state index contributed by atoms with van der Waals surface area (Å²) < 4.78 is 8.14. The van der Waals surface area contributed by atoms with E-state index < -0.39 is 0 Å². The minimum atomic E-state index is -0.122. The second-order valence-electron chi connectivity index (χ2n) is 7.93. The van der Waals surface area contributed by atoms with Crippen molar-refractivity contribution >= 4 is 23.1 Å². The van der Waals surface area contributed by atoms with Crippen LogP contribution in [0.2, 0.25) is 0 Å². The molecule has 0 radical (unpaired) electrons. The number of hydrogen-bond acceptors (Lipinski definition) is 10. The molecule has 6 heterocycles. The number of hydrogen-bond donors (Lipinski definition) is 0. The normalized spacial score (nSPS) is 24.2. The van der Waals surface area contributed by atoms with Crippen LogP contribution in [-0.2, 0) is 4.74 Å². The molecule has 0 aliphatic carbocycles. The van der Waals surface area contributed by atoms with Crippen molar-refractivity contribution in [1.29, 1.82) is 0 Å². The maximum absolute atomic E-state index is 6.09. The van der Waals surface area contributed by atoms with E-state index in [1.165, 1.54) is 0 Å². The highest BCUT2D eigenvalue weighted by Crippen LogP contribution is 2.43. The summed E-state index contributed by atoms with van der Waals surface area (Å²) in [5, 5.41) is 11.8. The van der Waals surface area contributed by atoms with E-state index in [1.807, 2.05) is 57.1 Å². The van der Waals surface area contributed by atoms with Gasteiger partial charge in [-0.05, 0) is 13.8 Å². The van der Waals surface area contributed by atoms with Crippen molar-refractivity contribution in [3.8, 4) is 5.69 Å². The molecule has 3 unspecified atom stereocenters. The molecule has 1 fully saturated rings. The first-order valence-electron chi connectivity index (χ1n) is 10.6. The molecule has 6 rings (SSSR count). The van der Waals surface area contributed by atoms with Crippen LogP contribution in [0.1, 0.15) is 35.8 Å². The van der Waals surface area contributed by atoms with Gasteiger partial charge in [0.2, 0.25) is 5.95 Å². The largest absolute Gasteiger partial charge is 0.370 e. The molecule has 3 aromatic rings. The Labute approximate surface area is 189 Å². The van der Waals surface area contributed by atoms with Crippen molar-refractivity contribution in [2.45, 2.75) is 32.2 Å². The fraction of sp³-hybridized carbons (Fsp3) is 0.381. The van der Waals surface area contributed by atoms with Crippen LogP contribution in [-0.4, -0.2) is 60.9 Å². The van der Waals surface area contributed by atoms with Crippen molar-refractivity contribution in [3.63, 3.8) is 0 Å². The van der Waals surface area contributed by atoms with E-state index in [4.69, 9.17) is 14.7 Å². The summed E-state index contributed by atoms with van der Waals surface area (Å²) in [6, 6.07) is -0.0945. The minimum absolute atomic E-state index is 0.0693. The second-order valence-corrected chi connectivity index (χ2v) is 8.86. The Balaban J connectivity index is 1.48. The fourth-order valence-corrected chi connectivity index (χ4v) is 5.44. The van der Waals surface area contributed by atoms with E-state index >= 15 is 0 Å². The average Bonchev–Trinajstić information content (AvgIpc) is 3.54. The molecular weight excluding hydrogens is 426 g/mol. The van der Waals surface area contributed by atoms with Crippen LogP contribution in [0.15, 0.2) is 42.3 Å². The predicted molar refractivity (Wildman–Crippen MR) is 121 cm³/mol. The molecule has 3 aromatic heterocycles. The number of aromatic nitrogens is 6. The van der Waals surface area contributed by atoms with Crippen LogP contribution in [0.4, 0.5) is 11.8 Å². The highest BCUT2D eigenvalue weighted by molar-refractivity contribution is 7.09. The molecule has 3 aliphatic heterocycles. The zero-order chi connectivity index (χ0) is 21.8. The number of rotatable bonds is 3. The Morgan fingerprint density at radius 1 is 1.22 bits per heavy atom. The van der Waals surface area contributed by atoms with Gasteiger partial charge in [-0.15, -0.1) is 21.5 Å². The lowest BCUT2D eigenvalue weighted by Crippen LogP contribution is -2.48. The first kappa shape index (κ1) is 19.4.